The molecule has 2 unspecified atom stereocenters. The van der Waals surface area contributed by atoms with Gasteiger partial charge in [-0.2, -0.15) is 0 Å². The van der Waals surface area contributed by atoms with E-state index in [1.54, 1.807) is 12.5 Å². The Morgan fingerprint density at radius 2 is 2.04 bits per heavy atom. The topological polar surface area (TPSA) is 66.6 Å². The van der Waals surface area contributed by atoms with Gasteiger partial charge in [0.1, 0.15) is 12.3 Å². The second-order valence-electron chi connectivity index (χ2n) is 7.55. The molecule has 0 aliphatic carbocycles. The Morgan fingerprint density at radius 1 is 1.30 bits per heavy atom. The summed E-state index contributed by atoms with van der Waals surface area (Å²) in [4.78, 5) is 18.5. The molecular formula is C22H30N2O3. The van der Waals surface area contributed by atoms with E-state index in [0.29, 0.717) is 24.8 Å². The van der Waals surface area contributed by atoms with Crippen molar-refractivity contribution < 1.29 is 14.3 Å². The maximum absolute atomic E-state index is 12.0. The van der Waals surface area contributed by atoms with Crippen LogP contribution in [0.3, 0.4) is 0 Å². The van der Waals surface area contributed by atoms with Gasteiger partial charge in [0.15, 0.2) is 5.89 Å². The highest BCUT2D eigenvalue weighted by molar-refractivity contribution is 5.74. The molecule has 3 atom stereocenters. The molecule has 27 heavy (non-hydrogen) atoms. The maximum atomic E-state index is 12.0. The van der Waals surface area contributed by atoms with Crippen LogP contribution in [0.25, 0.3) is 0 Å². The largest absolute Gasteiger partial charge is 0.480 e. The van der Waals surface area contributed by atoms with Crippen molar-refractivity contribution in [2.24, 2.45) is 5.92 Å². The summed E-state index contributed by atoms with van der Waals surface area (Å²) in [6, 6.07) is 9.75. The van der Waals surface area contributed by atoms with Crippen molar-refractivity contribution in [2.75, 3.05) is 0 Å². The number of hydrogen-bond donors (Lipinski definition) is 1. The van der Waals surface area contributed by atoms with Gasteiger partial charge in [0.05, 0.1) is 12.1 Å². The summed E-state index contributed by atoms with van der Waals surface area (Å²) in [5.41, 5.74) is 1.14. The second-order valence-corrected chi connectivity index (χ2v) is 7.55. The molecule has 0 saturated carbocycles. The Kier molecular flexibility index (Phi) is 6.67. The van der Waals surface area contributed by atoms with E-state index in [4.69, 9.17) is 4.42 Å². The van der Waals surface area contributed by atoms with Crippen molar-refractivity contribution in [1.82, 2.24) is 9.88 Å². The Labute approximate surface area is 161 Å². The zero-order valence-electron chi connectivity index (χ0n) is 16.3. The highest BCUT2D eigenvalue weighted by Gasteiger charge is 2.46. The molecule has 1 N–H and O–H groups in total. The van der Waals surface area contributed by atoms with E-state index in [-0.39, 0.29) is 12.0 Å². The molecule has 0 spiro atoms. The van der Waals surface area contributed by atoms with E-state index < -0.39 is 12.0 Å². The lowest BCUT2D eigenvalue weighted by atomic mass is 9.89. The number of rotatable bonds is 9. The molecule has 5 nitrogen and oxygen atoms in total. The van der Waals surface area contributed by atoms with Crippen LogP contribution in [0.2, 0.25) is 0 Å². The summed E-state index contributed by atoms with van der Waals surface area (Å²) >= 11 is 0. The monoisotopic (exact) mass is 370 g/mol. The first kappa shape index (κ1) is 19.6. The Balaban J connectivity index is 1.87. The Hall–Kier alpha value is -2.14. The quantitative estimate of drug-likeness (QED) is 0.693. The van der Waals surface area contributed by atoms with E-state index in [2.05, 4.69) is 35.9 Å². The van der Waals surface area contributed by atoms with Crippen molar-refractivity contribution in [3.63, 3.8) is 0 Å². The molecule has 1 aromatic carbocycles. The van der Waals surface area contributed by atoms with Gasteiger partial charge < -0.3 is 9.52 Å². The van der Waals surface area contributed by atoms with Gasteiger partial charge in [-0.15, -0.1) is 0 Å². The lowest BCUT2D eigenvalue weighted by Gasteiger charge is -2.30. The lowest BCUT2D eigenvalue weighted by Crippen LogP contribution is -2.41. The number of carbonyl (C=O) groups is 1. The molecule has 2 aromatic rings. The minimum atomic E-state index is -0.757. The van der Waals surface area contributed by atoms with Gasteiger partial charge >= 0.3 is 5.97 Å². The van der Waals surface area contributed by atoms with Crippen molar-refractivity contribution in [1.29, 1.82) is 0 Å². The van der Waals surface area contributed by atoms with E-state index in [1.165, 1.54) is 0 Å². The molecule has 146 valence electrons. The highest BCUT2D eigenvalue weighted by atomic mass is 16.4. The first-order chi connectivity index (χ1) is 13.1. The summed E-state index contributed by atoms with van der Waals surface area (Å²) < 4.78 is 5.60. The average Bonchev–Trinajstić information content (AvgIpc) is 3.32. The van der Waals surface area contributed by atoms with E-state index in [9.17, 15) is 9.90 Å². The maximum Gasteiger partial charge on any atom is 0.320 e. The summed E-state index contributed by atoms with van der Waals surface area (Å²) in [6.07, 6.45) is 8.19. The third-order valence-corrected chi connectivity index (χ3v) is 6.06. The third kappa shape index (κ3) is 4.59. The molecule has 0 bridgehead atoms. The predicted molar refractivity (Wildman–Crippen MR) is 104 cm³/mol. The Bertz CT molecular complexity index is 698. The van der Waals surface area contributed by atoms with Crippen LogP contribution >= 0.6 is 0 Å². The second kappa shape index (κ2) is 9.18. The van der Waals surface area contributed by atoms with Gasteiger partial charge in [-0.25, -0.2) is 4.98 Å². The molecule has 1 saturated heterocycles. The molecule has 2 heterocycles. The molecule has 1 aliphatic rings. The van der Waals surface area contributed by atoms with Crippen molar-refractivity contribution in [3.8, 4) is 0 Å². The zero-order chi connectivity index (χ0) is 19.2. The standard InChI is InChI=1S/C22H30N2O3/c1-3-16(4-2)10-11-19-18(21-23-12-13-27-21)14-20(22(25)26)24(19)15-17-8-6-5-7-9-17/h5-9,12-13,16,18-20H,3-4,10-11,14-15H2,1-2H3,(H,25,26)/t18?,19?,20-/m1/s1. The molecular weight excluding hydrogens is 340 g/mol. The summed E-state index contributed by atoms with van der Waals surface area (Å²) in [5, 5.41) is 9.87. The van der Waals surface area contributed by atoms with Crippen LogP contribution < -0.4 is 0 Å². The fraction of sp³-hybridized carbons (Fsp3) is 0.545. The average molecular weight is 370 g/mol. The van der Waals surface area contributed by atoms with Gasteiger partial charge in [0.2, 0.25) is 0 Å². The van der Waals surface area contributed by atoms with Crippen molar-refractivity contribution in [2.45, 2.75) is 70.5 Å². The van der Waals surface area contributed by atoms with Crippen LogP contribution in [-0.2, 0) is 11.3 Å². The molecule has 3 rings (SSSR count). The van der Waals surface area contributed by atoms with E-state index >= 15 is 0 Å². The third-order valence-electron chi connectivity index (χ3n) is 6.06. The lowest BCUT2D eigenvalue weighted by molar-refractivity contribution is -0.142. The zero-order valence-corrected chi connectivity index (χ0v) is 16.3. The number of aliphatic carboxylic acids is 1. The van der Waals surface area contributed by atoms with Crippen LogP contribution in [0.4, 0.5) is 0 Å². The molecule has 1 aliphatic heterocycles. The minimum absolute atomic E-state index is 0.0270. The van der Waals surface area contributed by atoms with Crippen LogP contribution in [-0.4, -0.2) is 33.0 Å². The number of oxazole rings is 1. The SMILES string of the molecule is CCC(CC)CCC1C(c2ncco2)C[C@H](C(=O)O)N1Cc1ccccc1. The van der Waals surface area contributed by atoms with Gasteiger partial charge in [0, 0.05) is 12.6 Å². The summed E-state index contributed by atoms with van der Waals surface area (Å²) in [7, 11) is 0. The first-order valence-electron chi connectivity index (χ1n) is 10.1. The minimum Gasteiger partial charge on any atom is -0.480 e. The van der Waals surface area contributed by atoms with Gasteiger partial charge in [0.25, 0.3) is 0 Å². The molecule has 1 fully saturated rings. The van der Waals surface area contributed by atoms with Crippen LogP contribution in [0, 0.1) is 5.92 Å². The van der Waals surface area contributed by atoms with E-state index in [0.717, 1.165) is 31.2 Å². The number of nitrogens with zero attached hydrogens (tertiary/aromatic N) is 2. The number of likely N-dealkylation sites (tertiary alicyclic amines) is 1. The van der Waals surface area contributed by atoms with Crippen molar-refractivity contribution in [3.05, 3.63) is 54.2 Å². The fourth-order valence-corrected chi connectivity index (χ4v) is 4.41. The predicted octanol–water partition coefficient (Wildman–Crippen LogP) is 4.70. The normalized spacial score (nSPS) is 23.1. The molecule has 1 aromatic heterocycles. The van der Waals surface area contributed by atoms with Crippen molar-refractivity contribution >= 4 is 5.97 Å². The van der Waals surface area contributed by atoms with Crippen LogP contribution in [0.15, 0.2) is 47.2 Å². The number of hydrogen-bond acceptors (Lipinski definition) is 4. The van der Waals surface area contributed by atoms with Crippen LogP contribution in [0.5, 0.6) is 0 Å². The Morgan fingerprint density at radius 3 is 2.63 bits per heavy atom. The number of benzene rings is 1. The molecule has 0 amide bonds. The number of carboxylic acid groups (broad SMARTS) is 1. The smallest absolute Gasteiger partial charge is 0.320 e. The molecule has 0 radical (unpaired) electrons. The number of aromatic nitrogens is 1. The van der Waals surface area contributed by atoms with Gasteiger partial charge in [-0.3, -0.25) is 9.69 Å². The summed E-state index contributed by atoms with van der Waals surface area (Å²) in [6.45, 7) is 5.11. The first-order valence-corrected chi connectivity index (χ1v) is 10.1. The molecule has 5 heteroatoms. The van der Waals surface area contributed by atoms with Gasteiger partial charge in [-0.1, -0.05) is 57.0 Å². The van der Waals surface area contributed by atoms with Crippen LogP contribution in [0.1, 0.15) is 63.3 Å². The van der Waals surface area contributed by atoms with E-state index in [1.807, 2.05) is 18.2 Å². The number of carboxylic acids is 1. The summed E-state index contributed by atoms with van der Waals surface area (Å²) in [5.74, 6) is 0.621. The highest BCUT2D eigenvalue weighted by Crippen LogP contribution is 2.41. The fourth-order valence-electron chi connectivity index (χ4n) is 4.41. The van der Waals surface area contributed by atoms with Gasteiger partial charge in [-0.05, 0) is 30.7 Å².